The summed E-state index contributed by atoms with van der Waals surface area (Å²) in [5.41, 5.74) is 2.81. The maximum Gasteiger partial charge on any atom is 0.0108 e. The summed E-state index contributed by atoms with van der Waals surface area (Å²) in [5.74, 6) is 0. The van der Waals surface area contributed by atoms with Gasteiger partial charge < -0.3 is 0 Å². The number of benzene rings is 2. The Labute approximate surface area is 155 Å². The van der Waals surface area contributed by atoms with Gasteiger partial charge in [0, 0.05) is 6.38 Å². The van der Waals surface area contributed by atoms with Crippen LogP contribution in [0.2, 0.25) is 0 Å². The van der Waals surface area contributed by atoms with Gasteiger partial charge in [0.15, 0.2) is 0 Å². The van der Waals surface area contributed by atoms with Crippen molar-refractivity contribution in [1.29, 1.82) is 0 Å². The third-order valence-corrected chi connectivity index (χ3v) is 3.85. The zero-order chi connectivity index (χ0) is 17.9. The molecule has 0 N–H and O–H groups in total. The van der Waals surface area contributed by atoms with Crippen LogP contribution in [0.15, 0.2) is 60.7 Å². The van der Waals surface area contributed by atoms with Gasteiger partial charge in [-0.05, 0) is 25.3 Å². The van der Waals surface area contributed by atoms with Gasteiger partial charge >= 0.3 is 0 Å². The quantitative estimate of drug-likeness (QED) is 0.337. The summed E-state index contributed by atoms with van der Waals surface area (Å²) in [7, 11) is 0. The van der Waals surface area contributed by atoms with E-state index in [0.717, 1.165) is 0 Å². The van der Waals surface area contributed by atoms with Crippen molar-refractivity contribution in [2.24, 2.45) is 0 Å². The zero-order valence-electron chi connectivity index (χ0n) is 15.8. The van der Waals surface area contributed by atoms with Gasteiger partial charge in [-0.15, -0.1) is 11.6 Å². The molecule has 0 heterocycles. The van der Waals surface area contributed by atoms with E-state index in [-0.39, 0.29) is 0 Å². The largest absolute Gasteiger partial charge is 0.130 e. The van der Waals surface area contributed by atoms with E-state index in [0.29, 0.717) is 0 Å². The number of alkyl halides is 1. The van der Waals surface area contributed by atoms with Crippen LogP contribution in [-0.2, 0) is 6.42 Å². The van der Waals surface area contributed by atoms with Crippen molar-refractivity contribution in [2.75, 3.05) is 6.38 Å². The second kappa shape index (κ2) is 18.1. The minimum Gasteiger partial charge on any atom is -0.130 e. The second-order valence-electron chi connectivity index (χ2n) is 6.01. The Morgan fingerprint density at radius 1 is 0.625 bits per heavy atom. The summed E-state index contributed by atoms with van der Waals surface area (Å²) in [4.78, 5) is 0. The van der Waals surface area contributed by atoms with Gasteiger partial charge in [0.2, 0.25) is 0 Å². The molecule has 2 aromatic carbocycles. The highest BCUT2D eigenvalue weighted by atomic mass is 35.5. The average Bonchev–Trinajstić information content (AvgIpc) is 2.65. The van der Waals surface area contributed by atoms with Crippen molar-refractivity contribution < 1.29 is 0 Å². The zero-order valence-corrected chi connectivity index (χ0v) is 16.6. The highest BCUT2D eigenvalue weighted by Gasteiger charge is 1.93. The van der Waals surface area contributed by atoms with Crippen molar-refractivity contribution in [3.05, 3.63) is 71.8 Å². The van der Waals surface area contributed by atoms with E-state index < -0.39 is 0 Å². The van der Waals surface area contributed by atoms with Gasteiger partial charge in [-0.2, -0.15) is 0 Å². The predicted octanol–water partition coefficient (Wildman–Crippen LogP) is 7.83. The van der Waals surface area contributed by atoms with Crippen LogP contribution in [0.25, 0.3) is 0 Å². The lowest BCUT2D eigenvalue weighted by Gasteiger charge is -2.01. The van der Waals surface area contributed by atoms with E-state index in [1.165, 1.54) is 68.9 Å². The van der Waals surface area contributed by atoms with Gasteiger partial charge in [-0.25, -0.2) is 0 Å². The Morgan fingerprint density at radius 3 is 1.54 bits per heavy atom. The van der Waals surface area contributed by atoms with Crippen molar-refractivity contribution in [2.45, 2.75) is 65.2 Å². The van der Waals surface area contributed by atoms with Crippen molar-refractivity contribution in [3.63, 3.8) is 0 Å². The van der Waals surface area contributed by atoms with Crippen LogP contribution < -0.4 is 0 Å². The number of aryl methyl sites for hydroxylation is 2. The van der Waals surface area contributed by atoms with Crippen LogP contribution in [0.5, 0.6) is 0 Å². The molecule has 0 aliphatic carbocycles. The topological polar surface area (TPSA) is 0 Å². The molecular formula is C23H35Cl. The summed E-state index contributed by atoms with van der Waals surface area (Å²) in [6.07, 6.45) is 12.5. The highest BCUT2D eigenvalue weighted by Crippen LogP contribution is 2.10. The molecule has 0 atom stereocenters. The molecule has 24 heavy (non-hydrogen) atoms. The smallest absolute Gasteiger partial charge is 0.0108 e. The van der Waals surface area contributed by atoms with E-state index in [2.05, 4.69) is 67.9 Å². The molecule has 0 aliphatic heterocycles. The molecule has 0 nitrogen and oxygen atoms in total. The maximum atomic E-state index is 4.64. The van der Waals surface area contributed by atoms with E-state index >= 15 is 0 Å². The van der Waals surface area contributed by atoms with Gasteiger partial charge in [-0.1, -0.05) is 112 Å². The Bertz CT molecular complexity index is 450. The highest BCUT2D eigenvalue weighted by molar-refractivity contribution is 6.15. The lowest BCUT2D eigenvalue weighted by Crippen LogP contribution is -1.85. The van der Waals surface area contributed by atoms with Gasteiger partial charge in [0.05, 0.1) is 0 Å². The Morgan fingerprint density at radius 2 is 1.08 bits per heavy atom. The van der Waals surface area contributed by atoms with Crippen molar-refractivity contribution in [3.8, 4) is 0 Å². The average molecular weight is 347 g/mol. The summed E-state index contributed by atoms with van der Waals surface area (Å²) >= 11 is 4.64. The minimum absolute atomic E-state index is 1.26. The molecule has 0 radical (unpaired) electrons. The van der Waals surface area contributed by atoms with Gasteiger partial charge in [0.1, 0.15) is 0 Å². The number of hydrogen-bond acceptors (Lipinski definition) is 0. The standard InChI is InChI=1S/C15H24.C7H8.CH3Cl/c1-2-3-4-5-6-7-9-12-15-13-10-8-11-14-15;1-7-5-3-2-4-6-7;1-2/h8,10-11,13-14H,2-7,9,12H2,1H3;2-6H,1H3;1H3. The third kappa shape index (κ3) is 14.3. The molecule has 2 rings (SSSR count). The van der Waals surface area contributed by atoms with E-state index in [1.807, 2.05) is 18.2 Å². The molecule has 0 aliphatic rings. The lowest BCUT2D eigenvalue weighted by molar-refractivity contribution is 0.589. The maximum absolute atomic E-state index is 4.64. The predicted molar refractivity (Wildman–Crippen MR) is 111 cm³/mol. The molecule has 0 amide bonds. The second-order valence-corrected chi connectivity index (χ2v) is 6.01. The van der Waals surface area contributed by atoms with Crippen LogP contribution in [0, 0.1) is 6.92 Å². The Kier molecular flexibility index (Phi) is 17.1. The molecule has 0 spiro atoms. The normalized spacial score (nSPS) is 9.33. The molecule has 0 unspecified atom stereocenters. The first-order valence-electron chi connectivity index (χ1n) is 9.26. The fraction of sp³-hybridized carbons (Fsp3) is 0.478. The van der Waals surface area contributed by atoms with Gasteiger partial charge in [-0.3, -0.25) is 0 Å². The molecule has 0 saturated carbocycles. The first-order valence-corrected chi connectivity index (χ1v) is 10.0. The number of halogens is 1. The van der Waals surface area contributed by atoms with Crippen molar-refractivity contribution in [1.82, 2.24) is 0 Å². The molecule has 0 bridgehead atoms. The molecule has 0 aromatic heterocycles. The summed E-state index contributed by atoms with van der Waals surface area (Å²) in [6, 6.07) is 21.1. The molecule has 0 fully saturated rings. The van der Waals surface area contributed by atoms with Crippen LogP contribution in [-0.4, -0.2) is 6.38 Å². The van der Waals surface area contributed by atoms with Gasteiger partial charge in [0.25, 0.3) is 0 Å². The molecule has 134 valence electrons. The number of hydrogen-bond donors (Lipinski definition) is 0. The van der Waals surface area contributed by atoms with Crippen LogP contribution in [0.3, 0.4) is 0 Å². The Balaban J connectivity index is 0.000000488. The fourth-order valence-corrected chi connectivity index (χ4v) is 2.47. The monoisotopic (exact) mass is 346 g/mol. The first kappa shape index (κ1) is 22.7. The SMILES string of the molecule is CCCCCCCCCc1ccccc1.CCl.Cc1ccccc1. The summed E-state index contributed by atoms with van der Waals surface area (Å²) in [6.45, 7) is 4.36. The third-order valence-electron chi connectivity index (χ3n) is 3.85. The first-order chi connectivity index (χ1) is 11.8. The van der Waals surface area contributed by atoms with Crippen LogP contribution >= 0.6 is 11.6 Å². The summed E-state index contributed by atoms with van der Waals surface area (Å²) in [5, 5.41) is 0. The van der Waals surface area contributed by atoms with E-state index in [4.69, 9.17) is 0 Å². The van der Waals surface area contributed by atoms with Crippen LogP contribution in [0.1, 0.15) is 63.0 Å². The lowest BCUT2D eigenvalue weighted by atomic mass is 10.0. The van der Waals surface area contributed by atoms with Crippen molar-refractivity contribution >= 4 is 11.6 Å². The Hall–Kier alpha value is -1.27. The number of rotatable bonds is 8. The van der Waals surface area contributed by atoms with E-state index in [9.17, 15) is 0 Å². The molecule has 0 saturated heterocycles. The number of unbranched alkanes of at least 4 members (excludes halogenated alkanes) is 6. The molecular weight excluding hydrogens is 312 g/mol. The van der Waals surface area contributed by atoms with E-state index in [1.54, 1.807) is 0 Å². The fourth-order valence-electron chi connectivity index (χ4n) is 2.47. The molecule has 1 heteroatoms. The van der Waals surface area contributed by atoms with Crippen LogP contribution in [0.4, 0.5) is 0 Å². The summed E-state index contributed by atoms with van der Waals surface area (Å²) < 4.78 is 0. The molecule has 2 aromatic rings. The minimum atomic E-state index is 1.26.